The molecule has 0 aromatic heterocycles. The Labute approximate surface area is 351 Å². The molecular weight excluding hydrogens is 719 g/mol. The van der Waals surface area contributed by atoms with E-state index in [4.69, 9.17) is 9.47 Å². The summed E-state index contributed by atoms with van der Waals surface area (Å²) in [5.74, 6) is -0.140. The Kier molecular flexibility index (Phi) is 37.4. The Bertz CT molecular complexity index is 862. The third-order valence-corrected chi connectivity index (χ3v) is 12.2. The number of carbonyl (C=O) groups excluding carboxylic acids is 1. The van der Waals surface area contributed by atoms with Gasteiger partial charge in [-0.2, -0.15) is 0 Å². The number of hydrogen-bond acceptors (Lipinski definition) is 8. The summed E-state index contributed by atoms with van der Waals surface area (Å²) >= 11 is 0. The second-order valence-electron chi connectivity index (χ2n) is 17.6. The van der Waals surface area contributed by atoms with Crippen LogP contribution >= 0.6 is 0 Å². The van der Waals surface area contributed by atoms with E-state index in [1.807, 2.05) is 0 Å². The first kappa shape index (κ1) is 54.2. The van der Waals surface area contributed by atoms with Crippen molar-refractivity contribution in [3.05, 3.63) is 0 Å². The molecule has 7 unspecified atom stereocenters. The van der Waals surface area contributed by atoms with Crippen LogP contribution in [0.2, 0.25) is 0 Å². The maximum atomic E-state index is 13.0. The highest BCUT2D eigenvalue weighted by atomic mass is 16.7. The molecular formula is C48H95NO8. The maximum absolute atomic E-state index is 13.0. The molecule has 57 heavy (non-hydrogen) atoms. The van der Waals surface area contributed by atoms with Gasteiger partial charge in [-0.3, -0.25) is 4.79 Å². The predicted molar refractivity (Wildman–Crippen MR) is 235 cm³/mol. The molecule has 1 rings (SSSR count). The number of aliphatic hydroxyl groups excluding tert-OH is 5. The second-order valence-corrected chi connectivity index (χ2v) is 17.6. The summed E-state index contributed by atoms with van der Waals surface area (Å²) in [6, 6.07) is -0.710. The molecule has 1 aliphatic rings. The van der Waals surface area contributed by atoms with Gasteiger partial charge in [-0.15, -0.1) is 0 Å². The van der Waals surface area contributed by atoms with Crippen LogP contribution in [0.25, 0.3) is 0 Å². The fraction of sp³-hybridized carbons (Fsp3) is 0.979. The van der Waals surface area contributed by atoms with E-state index in [2.05, 4.69) is 19.2 Å². The fourth-order valence-corrected chi connectivity index (χ4v) is 8.22. The Balaban J connectivity index is 2.18. The molecule has 1 amide bonds. The third kappa shape index (κ3) is 30.0. The quantitative estimate of drug-likeness (QED) is 0.0334. The molecule has 7 atom stereocenters. The number of nitrogens with one attached hydrogen (secondary N) is 1. The highest BCUT2D eigenvalue weighted by Crippen LogP contribution is 2.23. The number of unbranched alkanes of at least 4 members (excludes halogenated alkanes) is 32. The molecule has 0 aliphatic carbocycles. The topological polar surface area (TPSA) is 149 Å². The SMILES string of the molecule is CCCCCCCCCCCCCCCCCCCCCCCCCCC(=O)NC(COC1OC(CO)C(O)C(O)C1O)C(O)CCCCCCCCCCCC. The lowest BCUT2D eigenvalue weighted by molar-refractivity contribution is -0.302. The van der Waals surface area contributed by atoms with E-state index in [-0.39, 0.29) is 12.5 Å². The van der Waals surface area contributed by atoms with Crippen LogP contribution in [0, 0.1) is 0 Å². The van der Waals surface area contributed by atoms with Crippen molar-refractivity contribution in [3.8, 4) is 0 Å². The van der Waals surface area contributed by atoms with Gasteiger partial charge in [-0.1, -0.05) is 226 Å². The Hall–Kier alpha value is -0.810. The van der Waals surface area contributed by atoms with Crippen molar-refractivity contribution >= 4 is 5.91 Å². The van der Waals surface area contributed by atoms with Crippen molar-refractivity contribution in [2.24, 2.45) is 0 Å². The van der Waals surface area contributed by atoms with Gasteiger partial charge >= 0.3 is 0 Å². The molecule has 0 saturated carbocycles. The summed E-state index contributed by atoms with van der Waals surface area (Å²) in [5.41, 5.74) is 0. The summed E-state index contributed by atoms with van der Waals surface area (Å²) in [6.45, 7) is 3.84. The normalized spacial score (nSPS) is 20.9. The van der Waals surface area contributed by atoms with E-state index < -0.39 is 49.5 Å². The van der Waals surface area contributed by atoms with Crippen LogP contribution in [0.4, 0.5) is 0 Å². The molecule has 340 valence electrons. The average molecular weight is 814 g/mol. The second kappa shape index (κ2) is 39.3. The highest BCUT2D eigenvalue weighted by molar-refractivity contribution is 5.76. The van der Waals surface area contributed by atoms with Crippen LogP contribution in [-0.4, -0.2) is 87.5 Å². The molecule has 0 bridgehead atoms. The standard InChI is InChI=1S/C48H95NO8/c1-3-5-7-9-11-13-15-16-17-18-19-20-21-22-23-24-25-26-27-28-30-32-34-36-38-44(52)49-41(40-56-48-47(55)46(54)45(53)43(39-50)57-48)42(51)37-35-33-31-29-14-12-10-8-6-4-2/h41-43,45-48,50-51,53-55H,3-40H2,1-2H3,(H,49,52). The van der Waals surface area contributed by atoms with Gasteiger partial charge in [0.2, 0.25) is 5.91 Å². The molecule has 1 heterocycles. The molecule has 0 aromatic rings. The lowest BCUT2D eigenvalue weighted by Crippen LogP contribution is -2.60. The molecule has 9 heteroatoms. The zero-order valence-electron chi connectivity index (χ0n) is 37.4. The van der Waals surface area contributed by atoms with Crippen LogP contribution in [0.3, 0.4) is 0 Å². The highest BCUT2D eigenvalue weighted by Gasteiger charge is 2.44. The van der Waals surface area contributed by atoms with Crippen molar-refractivity contribution in [1.82, 2.24) is 5.32 Å². The van der Waals surface area contributed by atoms with Crippen molar-refractivity contribution in [3.63, 3.8) is 0 Å². The van der Waals surface area contributed by atoms with Crippen molar-refractivity contribution < 1.29 is 39.8 Å². The third-order valence-electron chi connectivity index (χ3n) is 12.2. The van der Waals surface area contributed by atoms with Crippen molar-refractivity contribution in [2.45, 2.75) is 288 Å². The van der Waals surface area contributed by atoms with Crippen molar-refractivity contribution in [1.29, 1.82) is 0 Å². The van der Waals surface area contributed by atoms with Gasteiger partial charge in [0.25, 0.3) is 0 Å². The van der Waals surface area contributed by atoms with E-state index in [0.717, 1.165) is 38.5 Å². The van der Waals surface area contributed by atoms with Crippen LogP contribution in [0.15, 0.2) is 0 Å². The fourth-order valence-electron chi connectivity index (χ4n) is 8.22. The van der Waals surface area contributed by atoms with Crippen LogP contribution in [0.1, 0.15) is 245 Å². The minimum Gasteiger partial charge on any atom is -0.394 e. The maximum Gasteiger partial charge on any atom is 0.220 e. The zero-order valence-corrected chi connectivity index (χ0v) is 37.4. The number of amides is 1. The van der Waals surface area contributed by atoms with Gasteiger partial charge in [0, 0.05) is 6.42 Å². The molecule has 0 aromatic carbocycles. The lowest BCUT2D eigenvalue weighted by Gasteiger charge is -2.40. The Morgan fingerprint density at radius 3 is 1.25 bits per heavy atom. The smallest absolute Gasteiger partial charge is 0.220 e. The van der Waals surface area contributed by atoms with Crippen LogP contribution in [-0.2, 0) is 14.3 Å². The summed E-state index contributed by atoms with van der Waals surface area (Å²) in [5, 5.41) is 54.3. The molecule has 1 fully saturated rings. The largest absolute Gasteiger partial charge is 0.394 e. The number of aliphatic hydroxyl groups is 5. The van der Waals surface area contributed by atoms with Gasteiger partial charge in [0.1, 0.15) is 24.4 Å². The number of carbonyl (C=O) groups is 1. The summed E-state index contributed by atoms with van der Waals surface area (Å²) in [4.78, 5) is 13.0. The Morgan fingerprint density at radius 1 is 0.526 bits per heavy atom. The van der Waals surface area contributed by atoms with Gasteiger partial charge in [0.15, 0.2) is 6.29 Å². The van der Waals surface area contributed by atoms with E-state index in [1.54, 1.807) is 0 Å². The predicted octanol–water partition coefficient (Wildman–Crippen LogP) is 10.7. The molecule has 9 nitrogen and oxygen atoms in total. The molecule has 1 saturated heterocycles. The van der Waals surface area contributed by atoms with Crippen LogP contribution < -0.4 is 5.32 Å². The first-order valence-corrected chi connectivity index (χ1v) is 24.7. The first-order valence-electron chi connectivity index (χ1n) is 24.7. The summed E-state index contributed by atoms with van der Waals surface area (Å²) < 4.78 is 11.2. The lowest BCUT2D eigenvalue weighted by atomic mass is 9.99. The first-order chi connectivity index (χ1) is 27.8. The Morgan fingerprint density at radius 2 is 0.877 bits per heavy atom. The molecule has 0 radical (unpaired) electrons. The van der Waals surface area contributed by atoms with Gasteiger partial charge < -0.3 is 40.3 Å². The van der Waals surface area contributed by atoms with E-state index in [0.29, 0.717) is 12.8 Å². The molecule has 6 N–H and O–H groups in total. The zero-order chi connectivity index (χ0) is 41.6. The monoisotopic (exact) mass is 814 g/mol. The van der Waals surface area contributed by atoms with Gasteiger partial charge in [-0.25, -0.2) is 0 Å². The average Bonchev–Trinajstić information content (AvgIpc) is 3.21. The van der Waals surface area contributed by atoms with E-state index in [9.17, 15) is 30.3 Å². The number of rotatable bonds is 42. The molecule has 1 aliphatic heterocycles. The van der Waals surface area contributed by atoms with E-state index >= 15 is 0 Å². The number of ether oxygens (including phenoxy) is 2. The van der Waals surface area contributed by atoms with Crippen LogP contribution in [0.5, 0.6) is 0 Å². The van der Waals surface area contributed by atoms with Gasteiger partial charge in [-0.05, 0) is 12.8 Å². The van der Waals surface area contributed by atoms with Crippen molar-refractivity contribution in [2.75, 3.05) is 13.2 Å². The number of hydrogen-bond donors (Lipinski definition) is 6. The van der Waals surface area contributed by atoms with Gasteiger partial charge in [0.05, 0.1) is 25.4 Å². The van der Waals surface area contributed by atoms with E-state index in [1.165, 1.54) is 180 Å². The molecule has 0 spiro atoms. The summed E-state index contributed by atoms with van der Waals surface area (Å²) in [6.07, 6.45) is 37.0. The summed E-state index contributed by atoms with van der Waals surface area (Å²) in [7, 11) is 0. The minimum absolute atomic E-state index is 0.132. The minimum atomic E-state index is -1.55.